The van der Waals surface area contributed by atoms with Crippen molar-refractivity contribution >= 4 is 52.1 Å². The van der Waals surface area contributed by atoms with E-state index >= 15 is 0 Å². The molecule has 0 saturated carbocycles. The van der Waals surface area contributed by atoms with E-state index in [1.807, 2.05) is 13.8 Å². The molecule has 4 aromatic rings. The van der Waals surface area contributed by atoms with Crippen LogP contribution in [0.2, 0.25) is 15.1 Å². The summed E-state index contributed by atoms with van der Waals surface area (Å²) in [6.07, 6.45) is 4.44. The summed E-state index contributed by atoms with van der Waals surface area (Å²) >= 11 is 19.1. The van der Waals surface area contributed by atoms with E-state index in [0.717, 1.165) is 0 Å². The Kier molecular flexibility index (Phi) is 7.02. The predicted molar refractivity (Wildman–Crippen MR) is 133 cm³/mol. The fourth-order valence-electron chi connectivity index (χ4n) is 3.28. The number of benzene rings is 2. The summed E-state index contributed by atoms with van der Waals surface area (Å²) in [5.74, 6) is -0.584. The van der Waals surface area contributed by atoms with Crippen LogP contribution < -0.4 is 10.6 Å². The highest BCUT2D eigenvalue weighted by Crippen LogP contribution is 2.38. The molecule has 0 spiro atoms. The Morgan fingerprint density at radius 3 is 2.35 bits per heavy atom. The first-order chi connectivity index (χ1) is 16.2. The molecule has 0 bridgehead atoms. The van der Waals surface area contributed by atoms with Gasteiger partial charge in [-0.3, -0.25) is 4.79 Å². The summed E-state index contributed by atoms with van der Waals surface area (Å²) in [6.45, 7) is 3.90. The van der Waals surface area contributed by atoms with E-state index in [1.54, 1.807) is 24.3 Å². The Bertz CT molecular complexity index is 1360. The van der Waals surface area contributed by atoms with Gasteiger partial charge in [0.15, 0.2) is 5.82 Å². The second kappa shape index (κ2) is 9.97. The molecule has 2 aromatic heterocycles. The zero-order valence-electron chi connectivity index (χ0n) is 18.0. The number of nitrogens with zero attached hydrogens (tertiary/aromatic N) is 4. The normalized spacial score (nSPS) is 11.0. The first-order valence-electron chi connectivity index (χ1n) is 10.1. The van der Waals surface area contributed by atoms with Crippen molar-refractivity contribution in [3.63, 3.8) is 0 Å². The summed E-state index contributed by atoms with van der Waals surface area (Å²) < 4.78 is 13.6. The van der Waals surface area contributed by atoms with Gasteiger partial charge in [-0.2, -0.15) is 10.2 Å². The van der Waals surface area contributed by atoms with Crippen LogP contribution in [0.25, 0.3) is 16.9 Å². The maximum atomic E-state index is 13.6. The van der Waals surface area contributed by atoms with Crippen LogP contribution >= 0.6 is 34.8 Å². The number of halogens is 4. The number of anilines is 2. The average Bonchev–Trinajstić information content (AvgIpc) is 3.29. The van der Waals surface area contributed by atoms with Crippen LogP contribution in [0.3, 0.4) is 0 Å². The second-order valence-electron chi connectivity index (χ2n) is 7.60. The second-order valence-corrected chi connectivity index (χ2v) is 8.82. The Labute approximate surface area is 209 Å². The van der Waals surface area contributed by atoms with Gasteiger partial charge in [-0.05, 0) is 50.2 Å². The minimum atomic E-state index is -0.462. The monoisotopic (exact) mass is 518 g/mol. The van der Waals surface area contributed by atoms with Crippen LogP contribution in [-0.2, 0) is 0 Å². The molecule has 0 saturated heterocycles. The molecule has 4 rings (SSSR count). The van der Waals surface area contributed by atoms with E-state index in [-0.39, 0.29) is 26.7 Å². The smallest absolute Gasteiger partial charge is 0.257 e. The van der Waals surface area contributed by atoms with Gasteiger partial charge in [-0.25, -0.2) is 9.37 Å². The highest BCUT2D eigenvalue weighted by Gasteiger charge is 2.19. The van der Waals surface area contributed by atoms with Crippen molar-refractivity contribution in [3.05, 3.63) is 81.4 Å². The van der Waals surface area contributed by atoms with Crippen molar-refractivity contribution in [2.75, 3.05) is 10.6 Å². The molecule has 1 amide bonds. The standard InChI is InChI=1S/C23H18Cl3FN6O/c1-12(2)31-21-10-17(19(25)9-16(21)15-4-3-13(27)7-18(15)24)23(34)32-14-8-20(26)22(28-11-14)33-29-5-6-30-33/h3-12,31H,1-2H3,(H,32,34). The molecular weight excluding hydrogens is 502 g/mol. The number of hydrogen-bond donors (Lipinski definition) is 2. The van der Waals surface area contributed by atoms with Crippen molar-refractivity contribution < 1.29 is 9.18 Å². The third-order valence-electron chi connectivity index (χ3n) is 4.71. The lowest BCUT2D eigenvalue weighted by atomic mass is 10.00. The molecule has 2 N–H and O–H groups in total. The van der Waals surface area contributed by atoms with Crippen LogP contribution in [-0.4, -0.2) is 31.9 Å². The number of aromatic nitrogens is 4. The summed E-state index contributed by atoms with van der Waals surface area (Å²) in [5, 5.41) is 14.7. The number of rotatable bonds is 6. The average molecular weight is 520 g/mol. The Hall–Kier alpha value is -3.20. The minimum absolute atomic E-state index is 0.0431. The van der Waals surface area contributed by atoms with Gasteiger partial charge in [0.25, 0.3) is 5.91 Å². The van der Waals surface area contributed by atoms with E-state index in [0.29, 0.717) is 28.3 Å². The molecule has 0 unspecified atom stereocenters. The van der Waals surface area contributed by atoms with Crippen LogP contribution in [0.5, 0.6) is 0 Å². The molecule has 0 radical (unpaired) electrons. The number of pyridine rings is 1. The van der Waals surface area contributed by atoms with Gasteiger partial charge >= 0.3 is 0 Å². The Balaban J connectivity index is 1.67. The third-order valence-corrected chi connectivity index (χ3v) is 5.61. The minimum Gasteiger partial charge on any atom is -0.382 e. The van der Waals surface area contributed by atoms with Gasteiger partial charge < -0.3 is 10.6 Å². The quantitative estimate of drug-likeness (QED) is 0.304. The molecule has 11 heteroatoms. The van der Waals surface area contributed by atoms with Crippen molar-refractivity contribution in [3.8, 4) is 16.9 Å². The number of nitrogens with one attached hydrogen (secondary N) is 2. The SMILES string of the molecule is CC(C)Nc1cc(C(=O)Nc2cnc(-n3nccn3)c(Cl)c2)c(Cl)cc1-c1ccc(F)cc1Cl. The summed E-state index contributed by atoms with van der Waals surface area (Å²) in [5.41, 5.74) is 2.43. The van der Waals surface area contributed by atoms with E-state index in [2.05, 4.69) is 25.8 Å². The van der Waals surface area contributed by atoms with Gasteiger partial charge in [0.05, 0.1) is 44.9 Å². The van der Waals surface area contributed by atoms with E-state index in [9.17, 15) is 9.18 Å². The summed E-state index contributed by atoms with van der Waals surface area (Å²) in [7, 11) is 0. The van der Waals surface area contributed by atoms with E-state index in [4.69, 9.17) is 34.8 Å². The molecule has 0 aliphatic carbocycles. The maximum Gasteiger partial charge on any atom is 0.257 e. The van der Waals surface area contributed by atoms with Crippen LogP contribution in [0.1, 0.15) is 24.2 Å². The number of amides is 1. The zero-order valence-corrected chi connectivity index (χ0v) is 20.3. The lowest BCUT2D eigenvalue weighted by Crippen LogP contribution is -2.16. The van der Waals surface area contributed by atoms with Gasteiger partial charge in [0.2, 0.25) is 0 Å². The van der Waals surface area contributed by atoms with Gasteiger partial charge in [0.1, 0.15) is 5.82 Å². The molecule has 7 nitrogen and oxygen atoms in total. The highest BCUT2D eigenvalue weighted by molar-refractivity contribution is 6.36. The molecule has 0 fully saturated rings. The predicted octanol–water partition coefficient (Wildman–Crippen LogP) is 6.50. The topological polar surface area (TPSA) is 84.7 Å². The van der Waals surface area contributed by atoms with Crippen molar-refractivity contribution in [1.29, 1.82) is 0 Å². The highest BCUT2D eigenvalue weighted by atomic mass is 35.5. The molecule has 2 heterocycles. The van der Waals surface area contributed by atoms with Crippen LogP contribution in [0, 0.1) is 5.82 Å². The maximum absolute atomic E-state index is 13.6. The van der Waals surface area contributed by atoms with Crippen molar-refractivity contribution in [2.45, 2.75) is 19.9 Å². The fourth-order valence-corrected chi connectivity index (χ4v) is 4.04. The lowest BCUT2D eigenvalue weighted by Gasteiger charge is -2.18. The Morgan fingerprint density at radius 1 is 0.971 bits per heavy atom. The lowest BCUT2D eigenvalue weighted by molar-refractivity contribution is 0.102. The Morgan fingerprint density at radius 2 is 1.71 bits per heavy atom. The largest absolute Gasteiger partial charge is 0.382 e. The van der Waals surface area contributed by atoms with E-state index in [1.165, 1.54) is 35.5 Å². The first kappa shape index (κ1) is 23.9. The van der Waals surface area contributed by atoms with Crippen molar-refractivity contribution in [2.24, 2.45) is 0 Å². The zero-order chi connectivity index (χ0) is 24.4. The fraction of sp³-hybridized carbons (Fsp3) is 0.130. The molecule has 0 atom stereocenters. The molecule has 0 aliphatic rings. The molecule has 2 aromatic carbocycles. The first-order valence-corrected chi connectivity index (χ1v) is 11.3. The van der Waals surface area contributed by atoms with Gasteiger partial charge in [0, 0.05) is 22.9 Å². The third kappa shape index (κ3) is 5.14. The molecule has 34 heavy (non-hydrogen) atoms. The summed E-state index contributed by atoms with van der Waals surface area (Å²) in [6, 6.07) is 8.94. The van der Waals surface area contributed by atoms with Gasteiger partial charge in [-0.15, -0.1) is 4.80 Å². The van der Waals surface area contributed by atoms with Crippen molar-refractivity contribution in [1.82, 2.24) is 20.0 Å². The van der Waals surface area contributed by atoms with Crippen LogP contribution in [0.4, 0.5) is 15.8 Å². The number of carbonyl (C=O) groups excluding carboxylic acids is 1. The molecule has 174 valence electrons. The molecular formula is C23H18Cl3FN6O. The van der Waals surface area contributed by atoms with E-state index < -0.39 is 11.7 Å². The number of hydrogen-bond acceptors (Lipinski definition) is 5. The molecule has 0 aliphatic heterocycles. The van der Waals surface area contributed by atoms with Gasteiger partial charge in [-0.1, -0.05) is 34.8 Å². The van der Waals surface area contributed by atoms with Crippen LogP contribution in [0.15, 0.2) is 55.0 Å². The summed E-state index contributed by atoms with van der Waals surface area (Å²) in [4.78, 5) is 18.5. The number of carbonyl (C=O) groups is 1.